The molecular formula is C13H9N5O3. The molecule has 0 bridgehead atoms. The Balaban J connectivity index is 1.92. The number of ether oxygens (including phenoxy) is 1. The van der Waals surface area contributed by atoms with Crippen molar-refractivity contribution in [2.45, 2.75) is 0 Å². The fourth-order valence-corrected chi connectivity index (χ4v) is 1.74. The highest BCUT2D eigenvalue weighted by Gasteiger charge is 2.12. The maximum absolute atomic E-state index is 10.7. The summed E-state index contributed by atoms with van der Waals surface area (Å²) in [6, 6.07) is 15.1. The minimum atomic E-state index is -0.493. The Morgan fingerprint density at radius 1 is 1.10 bits per heavy atom. The molecule has 0 radical (unpaired) electrons. The predicted octanol–water partition coefficient (Wildman–Crippen LogP) is 2.36. The van der Waals surface area contributed by atoms with Crippen LogP contribution in [-0.2, 0) is 0 Å². The maximum atomic E-state index is 10.7. The zero-order valence-electron chi connectivity index (χ0n) is 10.7. The SMILES string of the molecule is O=[N+]([O-])c1cccc(Oc2nnnn2-c2ccccc2)c1. The van der Waals surface area contributed by atoms with E-state index in [9.17, 15) is 10.1 Å². The van der Waals surface area contributed by atoms with Crippen LogP contribution in [0.2, 0.25) is 0 Å². The lowest BCUT2D eigenvalue weighted by Crippen LogP contribution is -2.00. The van der Waals surface area contributed by atoms with E-state index < -0.39 is 4.92 Å². The van der Waals surface area contributed by atoms with Crippen LogP contribution in [-0.4, -0.2) is 25.1 Å². The Bertz CT molecular complexity index is 772. The van der Waals surface area contributed by atoms with Gasteiger partial charge in [0.05, 0.1) is 16.7 Å². The van der Waals surface area contributed by atoms with Crippen LogP contribution in [0.4, 0.5) is 5.69 Å². The highest BCUT2D eigenvalue weighted by molar-refractivity contribution is 5.39. The van der Waals surface area contributed by atoms with Crippen molar-refractivity contribution in [1.82, 2.24) is 20.2 Å². The molecular weight excluding hydrogens is 274 g/mol. The number of rotatable bonds is 4. The van der Waals surface area contributed by atoms with Crippen molar-refractivity contribution < 1.29 is 9.66 Å². The number of nitro groups is 1. The van der Waals surface area contributed by atoms with Crippen LogP contribution in [0.5, 0.6) is 11.8 Å². The van der Waals surface area contributed by atoms with Gasteiger partial charge in [-0.15, -0.1) is 0 Å². The van der Waals surface area contributed by atoms with Gasteiger partial charge in [0.15, 0.2) is 0 Å². The van der Waals surface area contributed by atoms with Crippen molar-refractivity contribution in [2.75, 3.05) is 0 Å². The fourth-order valence-electron chi connectivity index (χ4n) is 1.74. The monoisotopic (exact) mass is 283 g/mol. The predicted molar refractivity (Wildman–Crippen MR) is 72.3 cm³/mol. The van der Waals surface area contributed by atoms with Crippen LogP contribution in [0, 0.1) is 10.1 Å². The summed E-state index contributed by atoms with van der Waals surface area (Å²) in [6.45, 7) is 0. The first-order valence-electron chi connectivity index (χ1n) is 6.00. The van der Waals surface area contributed by atoms with Crippen LogP contribution in [0.25, 0.3) is 5.69 Å². The zero-order chi connectivity index (χ0) is 14.7. The van der Waals surface area contributed by atoms with Crippen molar-refractivity contribution in [3.63, 3.8) is 0 Å². The molecule has 8 nitrogen and oxygen atoms in total. The Morgan fingerprint density at radius 3 is 2.67 bits per heavy atom. The van der Waals surface area contributed by atoms with Gasteiger partial charge in [0.2, 0.25) is 0 Å². The molecule has 0 N–H and O–H groups in total. The molecule has 2 aromatic carbocycles. The van der Waals surface area contributed by atoms with E-state index in [1.807, 2.05) is 30.3 Å². The minimum Gasteiger partial charge on any atom is -0.423 e. The molecule has 0 aliphatic carbocycles. The Kier molecular flexibility index (Phi) is 3.26. The second kappa shape index (κ2) is 5.37. The molecule has 0 aliphatic heterocycles. The first-order chi connectivity index (χ1) is 10.2. The number of aromatic nitrogens is 4. The van der Waals surface area contributed by atoms with Gasteiger partial charge in [-0.05, 0) is 28.6 Å². The molecule has 3 aromatic rings. The number of para-hydroxylation sites is 1. The van der Waals surface area contributed by atoms with Gasteiger partial charge in [0, 0.05) is 6.07 Å². The van der Waals surface area contributed by atoms with E-state index in [0.717, 1.165) is 5.69 Å². The largest absolute Gasteiger partial charge is 0.423 e. The third-order valence-electron chi connectivity index (χ3n) is 2.68. The molecule has 0 saturated carbocycles. The molecule has 8 heteroatoms. The van der Waals surface area contributed by atoms with Crippen molar-refractivity contribution >= 4 is 5.69 Å². The van der Waals surface area contributed by atoms with Gasteiger partial charge < -0.3 is 4.74 Å². The average Bonchev–Trinajstić information content (AvgIpc) is 2.96. The van der Waals surface area contributed by atoms with Gasteiger partial charge in [-0.3, -0.25) is 10.1 Å². The molecule has 3 rings (SSSR count). The Hall–Kier alpha value is -3.29. The highest BCUT2D eigenvalue weighted by atomic mass is 16.6. The first kappa shape index (κ1) is 12.7. The summed E-state index contributed by atoms with van der Waals surface area (Å²) in [5, 5.41) is 21.9. The van der Waals surface area contributed by atoms with E-state index in [4.69, 9.17) is 4.74 Å². The summed E-state index contributed by atoms with van der Waals surface area (Å²) in [5.74, 6) is 0.288. The van der Waals surface area contributed by atoms with Crippen molar-refractivity contribution in [2.24, 2.45) is 0 Å². The quantitative estimate of drug-likeness (QED) is 0.538. The number of hydrogen-bond donors (Lipinski definition) is 0. The molecule has 104 valence electrons. The standard InChI is InChI=1S/C13H9N5O3/c19-18(20)11-7-4-8-12(9-11)21-13-14-15-16-17(13)10-5-2-1-3-6-10/h1-9H. The van der Waals surface area contributed by atoms with E-state index in [2.05, 4.69) is 15.5 Å². The van der Waals surface area contributed by atoms with Gasteiger partial charge >= 0.3 is 6.01 Å². The van der Waals surface area contributed by atoms with Crippen LogP contribution < -0.4 is 4.74 Å². The molecule has 0 fully saturated rings. The van der Waals surface area contributed by atoms with Gasteiger partial charge in [-0.1, -0.05) is 29.4 Å². The third kappa shape index (κ3) is 2.68. The topological polar surface area (TPSA) is 96.0 Å². The summed E-state index contributed by atoms with van der Waals surface area (Å²) in [4.78, 5) is 10.3. The Morgan fingerprint density at radius 2 is 1.90 bits per heavy atom. The summed E-state index contributed by atoms with van der Waals surface area (Å²) in [5.41, 5.74) is 0.661. The molecule has 0 saturated heterocycles. The summed E-state index contributed by atoms with van der Waals surface area (Å²) < 4.78 is 6.92. The highest BCUT2D eigenvalue weighted by Crippen LogP contribution is 2.24. The van der Waals surface area contributed by atoms with Gasteiger partial charge in [0.1, 0.15) is 5.75 Å². The number of tetrazole rings is 1. The van der Waals surface area contributed by atoms with E-state index >= 15 is 0 Å². The third-order valence-corrected chi connectivity index (χ3v) is 2.68. The normalized spacial score (nSPS) is 10.3. The van der Waals surface area contributed by atoms with Crippen molar-refractivity contribution in [3.8, 4) is 17.4 Å². The smallest absolute Gasteiger partial charge is 0.345 e. The van der Waals surface area contributed by atoms with Gasteiger partial charge in [0.25, 0.3) is 5.69 Å². The summed E-state index contributed by atoms with van der Waals surface area (Å²) in [7, 11) is 0. The lowest BCUT2D eigenvalue weighted by molar-refractivity contribution is -0.384. The zero-order valence-corrected chi connectivity index (χ0v) is 10.7. The number of nitrogens with zero attached hydrogens (tertiary/aromatic N) is 5. The molecule has 21 heavy (non-hydrogen) atoms. The molecule has 0 atom stereocenters. The number of benzene rings is 2. The van der Waals surface area contributed by atoms with Gasteiger partial charge in [-0.25, -0.2) is 0 Å². The number of hydrogen-bond acceptors (Lipinski definition) is 6. The van der Waals surface area contributed by atoms with E-state index in [1.165, 1.54) is 22.9 Å². The first-order valence-corrected chi connectivity index (χ1v) is 6.00. The minimum absolute atomic E-state index is 0.0637. The maximum Gasteiger partial charge on any atom is 0.345 e. The fraction of sp³-hybridized carbons (Fsp3) is 0. The molecule has 1 heterocycles. The second-order valence-corrected chi connectivity index (χ2v) is 4.07. The molecule has 1 aromatic heterocycles. The summed E-state index contributed by atoms with van der Waals surface area (Å²) >= 11 is 0. The van der Waals surface area contributed by atoms with Crippen molar-refractivity contribution in [1.29, 1.82) is 0 Å². The molecule has 0 aliphatic rings. The van der Waals surface area contributed by atoms with Crippen molar-refractivity contribution in [3.05, 3.63) is 64.7 Å². The van der Waals surface area contributed by atoms with Crippen LogP contribution in [0.15, 0.2) is 54.6 Å². The molecule has 0 amide bonds. The summed E-state index contributed by atoms with van der Waals surface area (Å²) in [6.07, 6.45) is 0. The number of nitro benzene ring substituents is 1. The van der Waals surface area contributed by atoms with E-state index in [-0.39, 0.29) is 17.4 Å². The van der Waals surface area contributed by atoms with Crippen LogP contribution >= 0.6 is 0 Å². The molecule has 0 spiro atoms. The molecule has 0 unspecified atom stereocenters. The van der Waals surface area contributed by atoms with Crippen LogP contribution in [0.3, 0.4) is 0 Å². The van der Waals surface area contributed by atoms with E-state index in [1.54, 1.807) is 6.07 Å². The average molecular weight is 283 g/mol. The lowest BCUT2D eigenvalue weighted by atomic mass is 10.3. The number of non-ortho nitro benzene ring substituents is 1. The van der Waals surface area contributed by atoms with E-state index in [0.29, 0.717) is 0 Å². The van der Waals surface area contributed by atoms with Gasteiger partial charge in [-0.2, -0.15) is 4.68 Å². The van der Waals surface area contributed by atoms with Crippen LogP contribution in [0.1, 0.15) is 0 Å². The second-order valence-electron chi connectivity index (χ2n) is 4.07. The lowest BCUT2D eigenvalue weighted by Gasteiger charge is -2.05. The Labute approximate surface area is 118 Å².